The van der Waals surface area contributed by atoms with Crippen molar-refractivity contribution >= 4 is 27.5 Å². The molecule has 0 atom stereocenters. The number of hydrogen-bond donors (Lipinski definition) is 2. The lowest BCUT2D eigenvalue weighted by atomic mass is 10.2. The van der Waals surface area contributed by atoms with Crippen LogP contribution in [0, 0.1) is 0 Å². The molecule has 1 heterocycles. The van der Waals surface area contributed by atoms with Crippen LogP contribution in [0.25, 0.3) is 0 Å². The van der Waals surface area contributed by atoms with E-state index in [1.54, 1.807) is 0 Å². The van der Waals surface area contributed by atoms with Crippen LogP contribution in [0.5, 0.6) is 0 Å². The fraction of sp³-hybridized carbons (Fsp3) is 0.533. The molecule has 0 radical (unpaired) electrons. The van der Waals surface area contributed by atoms with Crippen molar-refractivity contribution in [1.29, 1.82) is 0 Å². The zero-order valence-corrected chi connectivity index (χ0v) is 15.1. The van der Waals surface area contributed by atoms with Gasteiger partial charge in [-0.3, -0.25) is 4.79 Å². The van der Waals surface area contributed by atoms with Crippen molar-refractivity contribution in [1.82, 2.24) is 13.9 Å². The highest BCUT2D eigenvalue weighted by atomic mass is 32.2. The lowest BCUT2D eigenvalue weighted by Crippen LogP contribution is -2.44. The minimum Gasteiger partial charge on any atom is -0.369 e. The van der Waals surface area contributed by atoms with E-state index >= 15 is 0 Å². The molecule has 1 aromatic rings. The number of piperazine rings is 1. The van der Waals surface area contributed by atoms with Crippen LogP contribution in [0.3, 0.4) is 0 Å². The quantitative estimate of drug-likeness (QED) is 0.737. The summed E-state index contributed by atoms with van der Waals surface area (Å²) in [6.45, 7) is 3.72. The van der Waals surface area contributed by atoms with E-state index in [2.05, 4.69) is 26.9 Å². The standard InChI is InChI=1S/C15H25N5O3S/c1-18(2)24(22,23)16-12-15(21)17-13-4-6-14(7-5-13)20-10-8-19(3)9-11-20/h4-7,16H,8-12H2,1-3H3,(H,17,21). The van der Waals surface area contributed by atoms with Gasteiger partial charge in [0.25, 0.3) is 10.2 Å². The van der Waals surface area contributed by atoms with Gasteiger partial charge < -0.3 is 15.1 Å². The van der Waals surface area contributed by atoms with E-state index in [-0.39, 0.29) is 6.54 Å². The van der Waals surface area contributed by atoms with Crippen LogP contribution in [0.4, 0.5) is 11.4 Å². The van der Waals surface area contributed by atoms with Gasteiger partial charge in [-0.05, 0) is 31.3 Å². The van der Waals surface area contributed by atoms with Crippen molar-refractivity contribution in [3.05, 3.63) is 24.3 Å². The van der Waals surface area contributed by atoms with Crippen LogP contribution >= 0.6 is 0 Å². The Labute approximate surface area is 143 Å². The number of carbonyl (C=O) groups is 1. The number of hydrogen-bond acceptors (Lipinski definition) is 5. The fourth-order valence-corrected chi connectivity index (χ4v) is 2.88. The molecular formula is C15H25N5O3S. The summed E-state index contributed by atoms with van der Waals surface area (Å²) in [4.78, 5) is 16.4. The van der Waals surface area contributed by atoms with E-state index in [1.807, 2.05) is 24.3 Å². The second kappa shape index (κ2) is 7.93. The number of rotatable bonds is 6. The van der Waals surface area contributed by atoms with Crippen LogP contribution in [0.2, 0.25) is 0 Å². The number of amides is 1. The van der Waals surface area contributed by atoms with Gasteiger partial charge in [0.2, 0.25) is 5.91 Å². The van der Waals surface area contributed by atoms with Crippen LogP contribution in [0.1, 0.15) is 0 Å². The molecule has 0 bridgehead atoms. The number of nitrogens with one attached hydrogen (secondary N) is 2. The first-order valence-corrected chi connectivity index (χ1v) is 9.22. The smallest absolute Gasteiger partial charge is 0.279 e. The monoisotopic (exact) mass is 355 g/mol. The maximum atomic E-state index is 11.8. The van der Waals surface area contributed by atoms with Crippen LogP contribution < -0.4 is 14.9 Å². The third-order valence-electron chi connectivity index (χ3n) is 3.92. The van der Waals surface area contributed by atoms with E-state index in [0.717, 1.165) is 36.2 Å². The first kappa shape index (κ1) is 18.7. The van der Waals surface area contributed by atoms with Crippen molar-refractivity contribution in [3.8, 4) is 0 Å². The van der Waals surface area contributed by atoms with Crippen molar-refractivity contribution in [2.24, 2.45) is 0 Å². The van der Waals surface area contributed by atoms with Gasteiger partial charge >= 0.3 is 0 Å². The molecule has 1 aliphatic rings. The largest absolute Gasteiger partial charge is 0.369 e. The van der Waals surface area contributed by atoms with E-state index in [9.17, 15) is 13.2 Å². The Hall–Kier alpha value is -1.68. The average molecular weight is 355 g/mol. The minimum absolute atomic E-state index is 0.305. The average Bonchev–Trinajstić information content (AvgIpc) is 2.54. The minimum atomic E-state index is -3.60. The van der Waals surface area contributed by atoms with Gasteiger partial charge in [0.05, 0.1) is 6.54 Å². The first-order chi connectivity index (χ1) is 11.3. The number of likely N-dealkylation sites (N-methyl/N-ethyl adjacent to an activating group) is 1. The SMILES string of the molecule is CN1CCN(c2ccc(NC(=O)CNS(=O)(=O)N(C)C)cc2)CC1. The maximum Gasteiger partial charge on any atom is 0.279 e. The second-order valence-electron chi connectivity index (χ2n) is 5.99. The molecule has 1 amide bonds. The Balaban J connectivity index is 1.86. The van der Waals surface area contributed by atoms with Crippen LogP contribution in [0.15, 0.2) is 24.3 Å². The summed E-state index contributed by atoms with van der Waals surface area (Å²) in [5.74, 6) is -0.409. The van der Waals surface area contributed by atoms with E-state index in [4.69, 9.17) is 0 Å². The third kappa shape index (κ3) is 5.17. The lowest BCUT2D eigenvalue weighted by Gasteiger charge is -2.34. The zero-order valence-electron chi connectivity index (χ0n) is 14.3. The summed E-state index contributed by atoms with van der Waals surface area (Å²) in [6, 6.07) is 7.58. The topological polar surface area (TPSA) is 85.0 Å². The molecule has 9 heteroatoms. The molecule has 1 saturated heterocycles. The first-order valence-electron chi connectivity index (χ1n) is 7.78. The molecule has 0 unspecified atom stereocenters. The molecule has 2 rings (SSSR count). The molecule has 1 aromatic carbocycles. The van der Waals surface area contributed by atoms with Gasteiger partial charge in [0.1, 0.15) is 0 Å². The Morgan fingerprint density at radius 2 is 1.71 bits per heavy atom. The predicted octanol–water partition coefficient (Wildman–Crippen LogP) is -0.227. The summed E-state index contributed by atoms with van der Waals surface area (Å²) in [5, 5.41) is 2.68. The summed E-state index contributed by atoms with van der Waals surface area (Å²) >= 11 is 0. The van der Waals surface area contributed by atoms with Crippen molar-refractivity contribution < 1.29 is 13.2 Å². The molecule has 1 aliphatic heterocycles. The number of carbonyl (C=O) groups excluding carboxylic acids is 1. The molecular weight excluding hydrogens is 330 g/mol. The molecule has 134 valence electrons. The summed E-state index contributed by atoms with van der Waals surface area (Å²) in [7, 11) is 1.31. The van der Waals surface area contributed by atoms with Gasteiger partial charge in [-0.2, -0.15) is 17.4 Å². The Morgan fingerprint density at radius 3 is 2.25 bits per heavy atom. The third-order valence-corrected chi connectivity index (χ3v) is 5.39. The zero-order chi connectivity index (χ0) is 17.7. The van der Waals surface area contributed by atoms with Gasteiger partial charge in [-0.25, -0.2) is 0 Å². The van der Waals surface area contributed by atoms with Crippen molar-refractivity contribution in [2.45, 2.75) is 0 Å². The second-order valence-corrected chi connectivity index (χ2v) is 7.96. The van der Waals surface area contributed by atoms with Gasteiger partial charge in [0.15, 0.2) is 0 Å². The van der Waals surface area contributed by atoms with Crippen LogP contribution in [-0.4, -0.2) is 77.4 Å². The Kier molecular flexibility index (Phi) is 6.16. The number of anilines is 2. The summed E-state index contributed by atoms with van der Waals surface area (Å²) in [6.07, 6.45) is 0. The highest BCUT2D eigenvalue weighted by Gasteiger charge is 2.16. The van der Waals surface area contributed by atoms with Gasteiger partial charge in [-0.1, -0.05) is 0 Å². The number of benzene rings is 1. The van der Waals surface area contributed by atoms with E-state index in [0.29, 0.717) is 5.69 Å². The molecule has 0 saturated carbocycles. The predicted molar refractivity (Wildman–Crippen MR) is 95.4 cm³/mol. The van der Waals surface area contributed by atoms with Gasteiger partial charge in [0, 0.05) is 51.6 Å². The Morgan fingerprint density at radius 1 is 1.12 bits per heavy atom. The molecule has 1 fully saturated rings. The molecule has 24 heavy (non-hydrogen) atoms. The molecule has 2 N–H and O–H groups in total. The van der Waals surface area contributed by atoms with E-state index < -0.39 is 16.1 Å². The number of nitrogens with zero attached hydrogens (tertiary/aromatic N) is 3. The highest BCUT2D eigenvalue weighted by Crippen LogP contribution is 2.19. The summed E-state index contributed by atoms with van der Waals surface area (Å²) in [5.41, 5.74) is 1.76. The van der Waals surface area contributed by atoms with Crippen molar-refractivity contribution in [3.63, 3.8) is 0 Å². The van der Waals surface area contributed by atoms with Crippen molar-refractivity contribution in [2.75, 3.05) is 64.1 Å². The summed E-state index contributed by atoms with van der Waals surface area (Å²) < 4.78 is 26.3. The lowest BCUT2D eigenvalue weighted by molar-refractivity contribution is -0.115. The van der Waals surface area contributed by atoms with E-state index in [1.165, 1.54) is 14.1 Å². The molecule has 8 nitrogen and oxygen atoms in total. The maximum absolute atomic E-state index is 11.8. The fourth-order valence-electron chi connectivity index (χ4n) is 2.31. The van der Waals surface area contributed by atoms with Crippen LogP contribution in [-0.2, 0) is 15.0 Å². The van der Waals surface area contributed by atoms with Gasteiger partial charge in [-0.15, -0.1) is 0 Å². The molecule has 0 spiro atoms. The molecule has 0 aromatic heterocycles. The molecule has 0 aliphatic carbocycles. The normalized spacial score (nSPS) is 16.4. The Bertz CT molecular complexity index is 652. The highest BCUT2D eigenvalue weighted by molar-refractivity contribution is 7.87.